The average Bonchev–Trinajstić information content (AvgIpc) is 2.88. The van der Waals surface area contributed by atoms with Crippen LogP contribution in [0.3, 0.4) is 0 Å². The maximum atomic E-state index is 12.5. The van der Waals surface area contributed by atoms with Crippen molar-refractivity contribution in [2.75, 3.05) is 5.32 Å². The third kappa shape index (κ3) is 3.06. The number of amides is 1. The maximum absolute atomic E-state index is 12.5. The molecule has 144 valence electrons. The predicted molar refractivity (Wildman–Crippen MR) is 114 cm³/mol. The van der Waals surface area contributed by atoms with Gasteiger partial charge in [0.25, 0.3) is 5.91 Å². The smallest absolute Gasteiger partial charge is 0.256 e. The van der Waals surface area contributed by atoms with E-state index >= 15 is 0 Å². The summed E-state index contributed by atoms with van der Waals surface area (Å²) in [4.78, 5) is 12.5. The summed E-state index contributed by atoms with van der Waals surface area (Å²) in [7, 11) is 0. The van der Waals surface area contributed by atoms with Crippen molar-refractivity contribution in [1.29, 1.82) is 0 Å². The van der Waals surface area contributed by atoms with E-state index in [1.807, 2.05) is 18.2 Å². The third-order valence-electron chi connectivity index (χ3n) is 7.64. The van der Waals surface area contributed by atoms with Gasteiger partial charge in [0.1, 0.15) is 0 Å². The fourth-order valence-electron chi connectivity index (χ4n) is 6.31. The van der Waals surface area contributed by atoms with Gasteiger partial charge in [0.15, 0.2) is 0 Å². The number of nitrogens with one attached hydrogen (secondary N) is 1. The highest BCUT2D eigenvalue weighted by Gasteiger charge is 2.52. The fraction of sp³-hybridized carbons (Fsp3) is 0.542. The van der Waals surface area contributed by atoms with Crippen molar-refractivity contribution in [2.24, 2.45) is 22.7 Å². The Morgan fingerprint density at radius 2 is 2.07 bits per heavy atom. The van der Waals surface area contributed by atoms with E-state index < -0.39 is 0 Å². The van der Waals surface area contributed by atoms with E-state index in [4.69, 9.17) is 11.6 Å². The largest absolute Gasteiger partial charge is 0.321 e. The Labute approximate surface area is 168 Å². The number of anilines is 1. The molecule has 2 nitrogen and oxygen atoms in total. The van der Waals surface area contributed by atoms with E-state index in [9.17, 15) is 4.79 Å². The van der Waals surface area contributed by atoms with Gasteiger partial charge in [-0.1, -0.05) is 63.1 Å². The molecule has 0 unspecified atom stereocenters. The van der Waals surface area contributed by atoms with Gasteiger partial charge in [-0.3, -0.25) is 4.79 Å². The number of benzene rings is 1. The zero-order valence-corrected chi connectivity index (χ0v) is 17.5. The summed E-state index contributed by atoms with van der Waals surface area (Å²) in [5, 5.41) is 3.60. The van der Waals surface area contributed by atoms with Gasteiger partial charge in [-0.25, -0.2) is 0 Å². The van der Waals surface area contributed by atoms with Gasteiger partial charge in [0.2, 0.25) is 0 Å². The van der Waals surface area contributed by atoms with Crippen LogP contribution >= 0.6 is 11.6 Å². The minimum Gasteiger partial charge on any atom is -0.321 e. The molecule has 1 aromatic carbocycles. The molecule has 1 N–H and O–H groups in total. The van der Waals surface area contributed by atoms with Gasteiger partial charge < -0.3 is 5.32 Å². The van der Waals surface area contributed by atoms with Crippen molar-refractivity contribution in [3.8, 4) is 0 Å². The molecular formula is C24H30ClNO. The van der Waals surface area contributed by atoms with E-state index in [0.717, 1.165) is 35.6 Å². The van der Waals surface area contributed by atoms with Crippen molar-refractivity contribution >= 4 is 28.8 Å². The quantitative estimate of drug-likeness (QED) is 0.438. The van der Waals surface area contributed by atoms with Crippen LogP contribution in [0, 0.1) is 22.7 Å². The number of hydrogen-bond donors (Lipinski definition) is 1. The predicted octanol–water partition coefficient (Wildman–Crippen LogP) is 6.86. The highest BCUT2D eigenvalue weighted by molar-refractivity contribution is 6.34. The van der Waals surface area contributed by atoms with Crippen molar-refractivity contribution in [2.45, 2.75) is 59.3 Å². The summed E-state index contributed by atoms with van der Waals surface area (Å²) in [5.41, 5.74) is 4.63. The van der Waals surface area contributed by atoms with E-state index in [1.165, 1.54) is 31.3 Å². The second kappa shape index (κ2) is 6.51. The fourth-order valence-corrected chi connectivity index (χ4v) is 6.49. The first kappa shape index (κ1) is 18.8. The molecule has 2 aliphatic carbocycles. The van der Waals surface area contributed by atoms with E-state index in [1.54, 1.807) is 0 Å². The van der Waals surface area contributed by atoms with Crippen LogP contribution in [0.2, 0.25) is 5.02 Å². The molecule has 1 amide bonds. The standard InChI is InChI=1S/C24H30ClNO/c1-15-6-11-21-23(2,3)12-5-13-24(21,4)19(15)10-9-18-17-8-7-16(25)14-20(17)26-22(18)27/h7-9,14,19,21H,1,5-6,10-13H2,2-4H3,(H,26,27)/b18-9+/t19-,21-,24+/m0/s1. The molecule has 3 aliphatic rings. The molecule has 1 aromatic rings. The van der Waals surface area contributed by atoms with Crippen LogP contribution < -0.4 is 5.32 Å². The first-order valence-corrected chi connectivity index (χ1v) is 10.6. The number of halogens is 1. The monoisotopic (exact) mass is 383 g/mol. The Morgan fingerprint density at radius 1 is 1.30 bits per heavy atom. The van der Waals surface area contributed by atoms with Crippen molar-refractivity contribution in [3.05, 3.63) is 47.0 Å². The topological polar surface area (TPSA) is 29.1 Å². The van der Waals surface area contributed by atoms with Crippen LogP contribution in [-0.2, 0) is 4.79 Å². The molecule has 3 atom stereocenters. The summed E-state index contributed by atoms with van der Waals surface area (Å²) < 4.78 is 0. The number of allylic oxidation sites excluding steroid dienone is 2. The van der Waals surface area contributed by atoms with Crippen molar-refractivity contribution < 1.29 is 4.79 Å². The lowest BCUT2D eigenvalue weighted by atomic mass is 9.47. The minimum absolute atomic E-state index is 0.0145. The molecule has 4 rings (SSSR count). The summed E-state index contributed by atoms with van der Waals surface area (Å²) in [6.07, 6.45) is 9.32. The van der Waals surface area contributed by atoms with Gasteiger partial charge in [0.05, 0.1) is 5.69 Å². The highest BCUT2D eigenvalue weighted by Crippen LogP contribution is 2.61. The maximum Gasteiger partial charge on any atom is 0.256 e. The Bertz CT molecular complexity index is 837. The Hall–Kier alpha value is -1.54. The number of carbonyl (C=O) groups excluding carboxylic acids is 1. The molecule has 0 bridgehead atoms. The SMILES string of the molecule is C=C1CC[C@H]2C(C)(C)CCC[C@]2(C)[C@H]1C/C=C1/C(=O)Nc2cc(Cl)ccc21. The lowest BCUT2D eigenvalue weighted by Gasteiger charge is -2.58. The lowest BCUT2D eigenvalue weighted by molar-refractivity contribution is -0.110. The molecule has 1 aliphatic heterocycles. The summed E-state index contributed by atoms with van der Waals surface area (Å²) in [6, 6.07) is 5.64. The molecule has 27 heavy (non-hydrogen) atoms. The first-order chi connectivity index (χ1) is 12.7. The van der Waals surface area contributed by atoms with Crippen LogP contribution in [-0.4, -0.2) is 5.91 Å². The molecule has 3 heteroatoms. The number of hydrogen-bond acceptors (Lipinski definition) is 1. The summed E-state index contributed by atoms with van der Waals surface area (Å²) in [5.74, 6) is 1.17. The average molecular weight is 384 g/mol. The third-order valence-corrected chi connectivity index (χ3v) is 7.88. The van der Waals surface area contributed by atoms with Crippen LogP contribution in [0.5, 0.6) is 0 Å². The number of carbonyl (C=O) groups is 1. The van der Waals surface area contributed by atoms with Gasteiger partial charge in [-0.05, 0) is 66.9 Å². The van der Waals surface area contributed by atoms with E-state index in [2.05, 4.69) is 38.7 Å². The molecule has 2 saturated carbocycles. The normalized spacial score (nSPS) is 33.6. The first-order valence-electron chi connectivity index (χ1n) is 10.2. The van der Waals surface area contributed by atoms with Crippen LogP contribution in [0.25, 0.3) is 5.57 Å². The van der Waals surface area contributed by atoms with E-state index in [-0.39, 0.29) is 11.3 Å². The van der Waals surface area contributed by atoms with Crippen molar-refractivity contribution in [3.63, 3.8) is 0 Å². The molecule has 0 spiro atoms. The van der Waals surface area contributed by atoms with Crippen molar-refractivity contribution in [1.82, 2.24) is 0 Å². The second-order valence-electron chi connectivity index (χ2n) is 9.65. The Morgan fingerprint density at radius 3 is 2.85 bits per heavy atom. The number of rotatable bonds is 2. The van der Waals surface area contributed by atoms with Crippen LogP contribution in [0.4, 0.5) is 5.69 Å². The molecule has 1 heterocycles. The highest BCUT2D eigenvalue weighted by atomic mass is 35.5. The Kier molecular flexibility index (Phi) is 4.54. The van der Waals surface area contributed by atoms with Gasteiger partial charge in [-0.15, -0.1) is 0 Å². The molecule has 0 aromatic heterocycles. The zero-order valence-electron chi connectivity index (χ0n) is 16.7. The van der Waals surface area contributed by atoms with Crippen LogP contribution in [0.1, 0.15) is 64.9 Å². The lowest BCUT2D eigenvalue weighted by Crippen LogP contribution is -2.49. The van der Waals surface area contributed by atoms with Gasteiger partial charge >= 0.3 is 0 Å². The minimum atomic E-state index is -0.0145. The van der Waals surface area contributed by atoms with Gasteiger partial charge in [-0.2, -0.15) is 0 Å². The van der Waals surface area contributed by atoms with Gasteiger partial charge in [0, 0.05) is 16.2 Å². The summed E-state index contributed by atoms with van der Waals surface area (Å²) in [6.45, 7) is 11.8. The Balaban J connectivity index is 1.65. The number of fused-ring (bicyclic) bond motifs is 2. The molecule has 0 radical (unpaired) electrons. The van der Waals surface area contributed by atoms with E-state index in [0.29, 0.717) is 16.4 Å². The summed E-state index contributed by atoms with van der Waals surface area (Å²) >= 11 is 6.08. The molecule has 2 fully saturated rings. The zero-order chi connectivity index (χ0) is 19.4. The molecular weight excluding hydrogens is 354 g/mol. The van der Waals surface area contributed by atoms with Crippen LogP contribution in [0.15, 0.2) is 36.4 Å². The second-order valence-corrected chi connectivity index (χ2v) is 10.1. The molecule has 0 saturated heterocycles.